The Balaban J connectivity index is 2.18. The Hall–Kier alpha value is -2.22. The average Bonchev–Trinajstić information content (AvgIpc) is 2.38. The predicted molar refractivity (Wildman–Crippen MR) is 68.8 cm³/mol. The number of benzene rings is 1. The van der Waals surface area contributed by atoms with Gasteiger partial charge in [0.2, 0.25) is 0 Å². The van der Waals surface area contributed by atoms with Crippen LogP contribution in [0.4, 0.5) is 0 Å². The van der Waals surface area contributed by atoms with Crippen molar-refractivity contribution < 1.29 is 4.79 Å². The number of carbonyl (C=O) groups excluding carboxylic acids is 1. The van der Waals surface area contributed by atoms with Gasteiger partial charge in [-0.15, -0.1) is 0 Å². The molecule has 17 heavy (non-hydrogen) atoms. The van der Waals surface area contributed by atoms with Crippen molar-refractivity contribution in [2.24, 2.45) is 0 Å². The number of allylic oxidation sites excluding steroid dienone is 1. The lowest BCUT2D eigenvalue weighted by Gasteiger charge is -1.99. The zero-order valence-electron chi connectivity index (χ0n) is 9.63. The normalized spacial score (nSPS) is 10.6. The molecule has 0 aliphatic carbocycles. The molecule has 0 atom stereocenters. The number of aryl methyl sites for hydroxylation is 1. The molecule has 1 aromatic heterocycles. The highest BCUT2D eigenvalue weighted by Crippen LogP contribution is 2.09. The Bertz CT molecular complexity index is 544. The molecule has 0 unspecified atom stereocenters. The van der Waals surface area contributed by atoms with Gasteiger partial charge in [0, 0.05) is 11.8 Å². The van der Waals surface area contributed by atoms with E-state index in [9.17, 15) is 4.79 Å². The molecule has 0 amide bonds. The average molecular weight is 223 g/mol. The van der Waals surface area contributed by atoms with Gasteiger partial charge in [0.05, 0.1) is 5.69 Å². The van der Waals surface area contributed by atoms with Crippen LogP contribution in [0.1, 0.15) is 21.6 Å². The van der Waals surface area contributed by atoms with Gasteiger partial charge in [0.15, 0.2) is 5.78 Å². The summed E-state index contributed by atoms with van der Waals surface area (Å²) in [4.78, 5) is 16.1. The topological polar surface area (TPSA) is 30.0 Å². The lowest BCUT2D eigenvalue weighted by atomic mass is 10.0. The summed E-state index contributed by atoms with van der Waals surface area (Å²) in [5, 5.41) is 0. The maximum absolute atomic E-state index is 11.9. The minimum Gasteiger partial charge on any atom is -0.289 e. The minimum absolute atomic E-state index is 0.00810. The lowest BCUT2D eigenvalue weighted by Crippen LogP contribution is -1.97. The van der Waals surface area contributed by atoms with Crippen LogP contribution in [0.15, 0.2) is 54.7 Å². The van der Waals surface area contributed by atoms with Crippen LogP contribution < -0.4 is 0 Å². The van der Waals surface area contributed by atoms with E-state index in [1.54, 1.807) is 18.3 Å². The van der Waals surface area contributed by atoms with Gasteiger partial charge in [-0.1, -0.05) is 30.3 Å². The Morgan fingerprint density at radius 2 is 1.88 bits per heavy atom. The van der Waals surface area contributed by atoms with E-state index in [1.807, 2.05) is 49.4 Å². The molecule has 2 heteroatoms. The second-order valence-electron chi connectivity index (χ2n) is 3.77. The molecular formula is C15H13NO. The zero-order chi connectivity index (χ0) is 12.1. The Kier molecular flexibility index (Phi) is 3.46. The van der Waals surface area contributed by atoms with E-state index in [1.165, 1.54) is 0 Å². The fraction of sp³-hybridized carbons (Fsp3) is 0.0667. The first-order valence-corrected chi connectivity index (χ1v) is 5.46. The third-order valence-electron chi connectivity index (χ3n) is 2.50. The van der Waals surface area contributed by atoms with Crippen molar-refractivity contribution in [1.82, 2.24) is 4.98 Å². The molecule has 0 saturated heterocycles. The maximum Gasteiger partial charge on any atom is 0.186 e. The summed E-state index contributed by atoms with van der Waals surface area (Å²) in [6, 6.07) is 13.2. The molecule has 84 valence electrons. The number of hydrogen-bond donors (Lipinski definition) is 0. The number of hydrogen-bond acceptors (Lipinski definition) is 2. The number of carbonyl (C=O) groups is 1. The van der Waals surface area contributed by atoms with Crippen molar-refractivity contribution in [3.05, 3.63) is 71.6 Å². The van der Waals surface area contributed by atoms with E-state index in [0.29, 0.717) is 0 Å². The Morgan fingerprint density at radius 3 is 2.59 bits per heavy atom. The standard InChI is InChI=1S/C15H13NO/c1-12-6-2-3-8-14(12)15(17)10-9-13-7-4-5-11-16-13/h2-11H,1H3. The molecular weight excluding hydrogens is 210 g/mol. The SMILES string of the molecule is Cc1ccccc1C(=O)C=Cc1ccccn1. The maximum atomic E-state index is 11.9. The summed E-state index contributed by atoms with van der Waals surface area (Å²) in [7, 11) is 0. The number of pyridine rings is 1. The molecule has 2 nitrogen and oxygen atoms in total. The highest BCUT2D eigenvalue weighted by molar-refractivity contribution is 6.07. The van der Waals surface area contributed by atoms with Gasteiger partial charge in [-0.05, 0) is 36.8 Å². The van der Waals surface area contributed by atoms with Crippen molar-refractivity contribution in [2.45, 2.75) is 6.92 Å². The van der Waals surface area contributed by atoms with E-state index in [0.717, 1.165) is 16.8 Å². The molecule has 1 aromatic carbocycles. The van der Waals surface area contributed by atoms with Crippen LogP contribution in [0.2, 0.25) is 0 Å². The summed E-state index contributed by atoms with van der Waals surface area (Å²) >= 11 is 0. The van der Waals surface area contributed by atoms with Gasteiger partial charge in [0.25, 0.3) is 0 Å². The van der Waals surface area contributed by atoms with Crippen molar-refractivity contribution in [3.63, 3.8) is 0 Å². The smallest absolute Gasteiger partial charge is 0.186 e. The third-order valence-corrected chi connectivity index (χ3v) is 2.50. The first-order chi connectivity index (χ1) is 8.27. The van der Waals surface area contributed by atoms with Gasteiger partial charge in [0.1, 0.15) is 0 Å². The first-order valence-electron chi connectivity index (χ1n) is 5.46. The van der Waals surface area contributed by atoms with Crippen LogP contribution in [0.5, 0.6) is 0 Å². The van der Waals surface area contributed by atoms with Crippen LogP contribution in [0.25, 0.3) is 6.08 Å². The van der Waals surface area contributed by atoms with Crippen molar-refractivity contribution in [3.8, 4) is 0 Å². The van der Waals surface area contributed by atoms with Crippen LogP contribution in [0, 0.1) is 6.92 Å². The number of ketones is 1. The lowest BCUT2D eigenvalue weighted by molar-refractivity contribution is 0.104. The second kappa shape index (κ2) is 5.21. The summed E-state index contributed by atoms with van der Waals surface area (Å²) in [5.74, 6) is 0.00810. The zero-order valence-corrected chi connectivity index (χ0v) is 9.63. The van der Waals surface area contributed by atoms with E-state index in [-0.39, 0.29) is 5.78 Å². The summed E-state index contributed by atoms with van der Waals surface area (Å²) < 4.78 is 0. The molecule has 0 spiro atoms. The Labute approximate surface area is 101 Å². The largest absolute Gasteiger partial charge is 0.289 e. The number of aromatic nitrogens is 1. The molecule has 0 fully saturated rings. The summed E-state index contributed by atoms with van der Waals surface area (Å²) in [6.07, 6.45) is 5.00. The monoisotopic (exact) mass is 223 g/mol. The van der Waals surface area contributed by atoms with Crippen molar-refractivity contribution in [1.29, 1.82) is 0 Å². The highest BCUT2D eigenvalue weighted by Gasteiger charge is 2.03. The summed E-state index contributed by atoms with van der Waals surface area (Å²) in [5.41, 5.74) is 2.51. The molecule has 2 rings (SSSR count). The fourth-order valence-electron chi connectivity index (χ4n) is 1.57. The quantitative estimate of drug-likeness (QED) is 0.590. The van der Waals surface area contributed by atoms with Gasteiger partial charge in [-0.3, -0.25) is 9.78 Å². The van der Waals surface area contributed by atoms with Crippen LogP contribution in [-0.4, -0.2) is 10.8 Å². The van der Waals surface area contributed by atoms with Gasteiger partial charge >= 0.3 is 0 Å². The second-order valence-corrected chi connectivity index (χ2v) is 3.77. The molecule has 0 N–H and O–H groups in total. The van der Waals surface area contributed by atoms with Crippen molar-refractivity contribution >= 4 is 11.9 Å². The molecule has 0 bridgehead atoms. The van der Waals surface area contributed by atoms with E-state index in [2.05, 4.69) is 4.98 Å². The minimum atomic E-state index is 0.00810. The summed E-state index contributed by atoms with van der Waals surface area (Å²) in [6.45, 7) is 1.93. The molecule has 0 aliphatic heterocycles. The van der Waals surface area contributed by atoms with E-state index < -0.39 is 0 Å². The van der Waals surface area contributed by atoms with E-state index in [4.69, 9.17) is 0 Å². The molecule has 0 radical (unpaired) electrons. The highest BCUT2D eigenvalue weighted by atomic mass is 16.1. The first kappa shape index (κ1) is 11.3. The van der Waals surface area contributed by atoms with Crippen molar-refractivity contribution in [2.75, 3.05) is 0 Å². The van der Waals surface area contributed by atoms with Crippen LogP contribution >= 0.6 is 0 Å². The number of nitrogens with zero attached hydrogens (tertiary/aromatic N) is 1. The molecule has 1 heterocycles. The van der Waals surface area contributed by atoms with Gasteiger partial charge < -0.3 is 0 Å². The Morgan fingerprint density at radius 1 is 1.12 bits per heavy atom. The number of rotatable bonds is 3. The fourth-order valence-corrected chi connectivity index (χ4v) is 1.57. The van der Waals surface area contributed by atoms with Gasteiger partial charge in [-0.2, -0.15) is 0 Å². The van der Waals surface area contributed by atoms with Crippen LogP contribution in [-0.2, 0) is 0 Å². The van der Waals surface area contributed by atoms with Crippen LogP contribution in [0.3, 0.4) is 0 Å². The predicted octanol–water partition coefficient (Wildman–Crippen LogP) is 3.29. The molecule has 0 aliphatic rings. The van der Waals surface area contributed by atoms with E-state index >= 15 is 0 Å². The third kappa shape index (κ3) is 2.88. The molecule has 2 aromatic rings. The molecule has 0 saturated carbocycles. The van der Waals surface area contributed by atoms with Gasteiger partial charge in [-0.25, -0.2) is 0 Å².